The van der Waals surface area contributed by atoms with Crippen LogP contribution < -0.4 is 5.32 Å². The molecule has 94 valence electrons. The number of anilines is 1. The second-order valence-corrected chi connectivity index (χ2v) is 4.27. The van der Waals surface area contributed by atoms with Gasteiger partial charge in [-0.25, -0.2) is 4.39 Å². The Morgan fingerprint density at radius 2 is 2.18 bits per heavy atom. The minimum absolute atomic E-state index is 0.150. The first-order valence-corrected chi connectivity index (χ1v) is 5.80. The fraction of sp³-hybridized carbons (Fsp3) is 0.417. The molecule has 0 bridgehead atoms. The highest BCUT2D eigenvalue weighted by Crippen LogP contribution is 2.25. The lowest BCUT2D eigenvalue weighted by Crippen LogP contribution is -2.04. The van der Waals surface area contributed by atoms with Gasteiger partial charge in [0, 0.05) is 13.0 Å². The molecule has 0 aliphatic heterocycles. The van der Waals surface area contributed by atoms with E-state index >= 15 is 0 Å². The predicted octanol–water partition coefficient (Wildman–Crippen LogP) is 3.45. The first-order valence-electron chi connectivity index (χ1n) is 5.42. The van der Waals surface area contributed by atoms with Crippen LogP contribution in [0.3, 0.4) is 0 Å². The minimum Gasteiger partial charge on any atom is -0.481 e. The molecule has 5 heteroatoms. The number of hydrogen-bond acceptors (Lipinski definition) is 2. The molecule has 0 amide bonds. The van der Waals surface area contributed by atoms with Gasteiger partial charge in [-0.15, -0.1) is 0 Å². The molecule has 0 atom stereocenters. The summed E-state index contributed by atoms with van der Waals surface area (Å²) in [6.45, 7) is 2.23. The number of carboxylic acid groups (broad SMARTS) is 1. The van der Waals surface area contributed by atoms with Gasteiger partial charge in [-0.2, -0.15) is 0 Å². The van der Waals surface area contributed by atoms with E-state index in [0.29, 0.717) is 35.7 Å². The average Bonchev–Trinajstić information content (AvgIpc) is 2.24. The number of carboxylic acids is 1. The summed E-state index contributed by atoms with van der Waals surface area (Å²) in [6.07, 6.45) is 1.45. The molecule has 1 aromatic carbocycles. The number of aliphatic carboxylic acids is 1. The van der Waals surface area contributed by atoms with Crippen LogP contribution in [-0.2, 0) is 4.79 Å². The second kappa shape index (κ2) is 6.45. The smallest absolute Gasteiger partial charge is 0.303 e. The molecule has 2 N–H and O–H groups in total. The van der Waals surface area contributed by atoms with Crippen LogP contribution in [0.2, 0.25) is 5.02 Å². The van der Waals surface area contributed by atoms with Crippen LogP contribution in [0.5, 0.6) is 0 Å². The number of carbonyl (C=O) groups is 1. The van der Waals surface area contributed by atoms with Crippen LogP contribution in [-0.4, -0.2) is 17.6 Å². The van der Waals surface area contributed by atoms with Crippen molar-refractivity contribution in [3.8, 4) is 0 Å². The highest BCUT2D eigenvalue weighted by molar-refractivity contribution is 6.33. The van der Waals surface area contributed by atoms with E-state index in [2.05, 4.69) is 5.32 Å². The zero-order chi connectivity index (χ0) is 12.8. The third-order valence-corrected chi connectivity index (χ3v) is 2.69. The number of benzene rings is 1. The summed E-state index contributed by atoms with van der Waals surface area (Å²) in [6, 6.07) is 2.92. The van der Waals surface area contributed by atoms with Gasteiger partial charge >= 0.3 is 5.97 Å². The summed E-state index contributed by atoms with van der Waals surface area (Å²) in [5, 5.41) is 11.9. The van der Waals surface area contributed by atoms with Crippen LogP contribution in [0, 0.1) is 12.7 Å². The van der Waals surface area contributed by atoms with Crippen molar-refractivity contribution in [2.45, 2.75) is 26.2 Å². The molecular weight excluding hydrogens is 245 g/mol. The molecular formula is C12H15ClFNO2. The standard InChI is InChI=1S/C12H15ClFNO2/c1-8-6-9(13)11(7-10(8)14)15-5-3-2-4-12(16)17/h6-7,15H,2-5H2,1H3,(H,16,17). The molecule has 0 saturated heterocycles. The molecule has 0 spiro atoms. The Labute approximate surface area is 105 Å². The molecule has 0 heterocycles. The average molecular weight is 260 g/mol. The van der Waals surface area contributed by atoms with Gasteiger partial charge in [0.25, 0.3) is 0 Å². The first-order chi connectivity index (χ1) is 8.00. The van der Waals surface area contributed by atoms with Crippen molar-refractivity contribution in [3.05, 3.63) is 28.5 Å². The largest absolute Gasteiger partial charge is 0.481 e. The molecule has 3 nitrogen and oxygen atoms in total. The molecule has 0 aliphatic rings. The van der Waals surface area contributed by atoms with E-state index in [4.69, 9.17) is 16.7 Å². The third-order valence-electron chi connectivity index (χ3n) is 2.38. The van der Waals surface area contributed by atoms with Crippen LogP contribution in [0.1, 0.15) is 24.8 Å². The SMILES string of the molecule is Cc1cc(Cl)c(NCCCCC(=O)O)cc1F. The predicted molar refractivity (Wildman–Crippen MR) is 66.1 cm³/mol. The van der Waals surface area contributed by atoms with Gasteiger partial charge in [-0.05, 0) is 37.5 Å². The Balaban J connectivity index is 2.41. The molecule has 0 saturated carbocycles. The number of aryl methyl sites for hydroxylation is 1. The zero-order valence-corrected chi connectivity index (χ0v) is 10.4. The maximum Gasteiger partial charge on any atom is 0.303 e. The maximum absolute atomic E-state index is 13.3. The molecule has 17 heavy (non-hydrogen) atoms. The third kappa shape index (κ3) is 4.61. The van der Waals surface area contributed by atoms with Crippen molar-refractivity contribution in [3.63, 3.8) is 0 Å². The van der Waals surface area contributed by atoms with Crippen molar-refractivity contribution >= 4 is 23.3 Å². The van der Waals surface area contributed by atoms with Crippen molar-refractivity contribution in [2.75, 3.05) is 11.9 Å². The van der Waals surface area contributed by atoms with Gasteiger partial charge in [-0.3, -0.25) is 4.79 Å². The van der Waals surface area contributed by atoms with Gasteiger partial charge in [0.15, 0.2) is 0 Å². The van der Waals surface area contributed by atoms with Gasteiger partial charge in [0.2, 0.25) is 0 Å². The lowest BCUT2D eigenvalue weighted by atomic mass is 10.2. The Kier molecular flexibility index (Phi) is 5.22. The zero-order valence-electron chi connectivity index (χ0n) is 9.59. The number of rotatable bonds is 6. The fourth-order valence-corrected chi connectivity index (χ4v) is 1.69. The van der Waals surface area contributed by atoms with Crippen LogP contribution >= 0.6 is 11.6 Å². The Morgan fingerprint density at radius 1 is 1.47 bits per heavy atom. The molecule has 0 fully saturated rings. The molecule has 1 rings (SSSR count). The fourth-order valence-electron chi connectivity index (χ4n) is 1.41. The van der Waals surface area contributed by atoms with Crippen molar-refractivity contribution < 1.29 is 14.3 Å². The van der Waals surface area contributed by atoms with Gasteiger partial charge in [0.05, 0.1) is 10.7 Å². The Bertz CT molecular complexity index is 410. The summed E-state index contributed by atoms with van der Waals surface area (Å²) in [4.78, 5) is 10.3. The highest BCUT2D eigenvalue weighted by atomic mass is 35.5. The highest BCUT2D eigenvalue weighted by Gasteiger charge is 2.05. The van der Waals surface area contributed by atoms with E-state index in [1.54, 1.807) is 13.0 Å². The van der Waals surface area contributed by atoms with Crippen molar-refractivity contribution in [1.29, 1.82) is 0 Å². The maximum atomic E-state index is 13.3. The van der Waals surface area contributed by atoms with Gasteiger partial charge in [0.1, 0.15) is 5.82 Å². The second-order valence-electron chi connectivity index (χ2n) is 3.86. The van der Waals surface area contributed by atoms with Gasteiger partial charge in [-0.1, -0.05) is 11.6 Å². The summed E-state index contributed by atoms with van der Waals surface area (Å²) < 4.78 is 13.3. The monoisotopic (exact) mass is 259 g/mol. The Hall–Kier alpha value is -1.29. The summed E-state index contributed by atoms with van der Waals surface area (Å²) >= 11 is 5.94. The first kappa shape index (κ1) is 13.8. The lowest BCUT2D eigenvalue weighted by molar-refractivity contribution is -0.137. The van der Waals surface area contributed by atoms with E-state index in [1.165, 1.54) is 6.07 Å². The van der Waals surface area contributed by atoms with Crippen LogP contribution in [0.25, 0.3) is 0 Å². The van der Waals surface area contributed by atoms with E-state index in [0.717, 1.165) is 0 Å². The van der Waals surface area contributed by atoms with Crippen LogP contribution in [0.15, 0.2) is 12.1 Å². The summed E-state index contributed by atoms with van der Waals surface area (Å²) in [5.41, 5.74) is 1.05. The minimum atomic E-state index is -0.801. The summed E-state index contributed by atoms with van der Waals surface area (Å²) in [7, 11) is 0. The normalized spacial score (nSPS) is 10.3. The topological polar surface area (TPSA) is 49.3 Å². The number of unbranched alkanes of at least 4 members (excludes halogenated alkanes) is 1. The summed E-state index contributed by atoms with van der Waals surface area (Å²) in [5.74, 6) is -1.10. The molecule has 1 aromatic rings. The molecule has 0 aliphatic carbocycles. The number of halogens is 2. The molecule has 0 radical (unpaired) electrons. The molecule has 0 unspecified atom stereocenters. The molecule has 0 aromatic heterocycles. The van der Waals surface area contributed by atoms with E-state index in [1.807, 2.05) is 0 Å². The quantitative estimate of drug-likeness (QED) is 0.770. The lowest BCUT2D eigenvalue weighted by Gasteiger charge is -2.09. The van der Waals surface area contributed by atoms with E-state index < -0.39 is 5.97 Å². The van der Waals surface area contributed by atoms with Crippen LogP contribution in [0.4, 0.5) is 10.1 Å². The number of nitrogens with one attached hydrogen (secondary N) is 1. The van der Waals surface area contributed by atoms with E-state index in [-0.39, 0.29) is 12.2 Å². The van der Waals surface area contributed by atoms with Gasteiger partial charge < -0.3 is 10.4 Å². The van der Waals surface area contributed by atoms with Crippen molar-refractivity contribution in [2.24, 2.45) is 0 Å². The van der Waals surface area contributed by atoms with E-state index in [9.17, 15) is 9.18 Å². The van der Waals surface area contributed by atoms with Crippen molar-refractivity contribution in [1.82, 2.24) is 0 Å². The Morgan fingerprint density at radius 3 is 2.82 bits per heavy atom. The number of hydrogen-bond donors (Lipinski definition) is 2.